The number of hydrogen-bond acceptors (Lipinski definition) is 6. The van der Waals surface area contributed by atoms with Crippen LogP contribution in [0.4, 0.5) is 15.4 Å². The van der Waals surface area contributed by atoms with Crippen molar-refractivity contribution in [3.63, 3.8) is 0 Å². The Morgan fingerprint density at radius 3 is 2.65 bits per heavy atom. The Bertz CT molecular complexity index is 1220. The molecule has 4 rings (SSSR count). The summed E-state index contributed by atoms with van der Waals surface area (Å²) in [6, 6.07) is 17.1. The maximum absolute atomic E-state index is 12.1. The average Bonchev–Trinajstić information content (AvgIpc) is 3.18. The SMILES string of the molecule is CCNC(=O)n1ccc2cc(Oc3cc(NC(=O)Oc4ccccc4)ncn3)ccc21. The summed E-state index contributed by atoms with van der Waals surface area (Å²) in [5.74, 6) is 1.41. The number of amides is 2. The number of para-hydroxylation sites is 1. The number of carbonyl (C=O) groups excluding carboxylic acids is 2. The summed E-state index contributed by atoms with van der Waals surface area (Å²) in [6.45, 7) is 2.41. The van der Waals surface area contributed by atoms with E-state index in [-0.39, 0.29) is 17.7 Å². The molecule has 31 heavy (non-hydrogen) atoms. The standard InChI is InChI=1S/C22H19N5O4/c1-2-23-21(28)27-11-10-15-12-17(8-9-18(15)27)30-20-13-19(24-14-25-20)26-22(29)31-16-6-4-3-5-7-16/h3-14H,2H2,1H3,(H,23,28)(H,24,25,26,29). The van der Waals surface area contributed by atoms with E-state index in [0.29, 0.717) is 18.0 Å². The Labute approximate surface area is 177 Å². The molecule has 4 aromatic rings. The number of nitrogens with one attached hydrogen (secondary N) is 2. The smallest absolute Gasteiger partial charge is 0.418 e. The lowest BCUT2D eigenvalue weighted by Crippen LogP contribution is -2.27. The van der Waals surface area contributed by atoms with Crippen LogP contribution in [0.1, 0.15) is 6.92 Å². The van der Waals surface area contributed by atoms with Crippen molar-refractivity contribution >= 4 is 28.8 Å². The molecule has 2 N–H and O–H groups in total. The topological polar surface area (TPSA) is 107 Å². The summed E-state index contributed by atoms with van der Waals surface area (Å²) in [7, 11) is 0. The van der Waals surface area contributed by atoms with E-state index >= 15 is 0 Å². The summed E-state index contributed by atoms with van der Waals surface area (Å²) in [5, 5.41) is 6.13. The number of rotatable bonds is 5. The van der Waals surface area contributed by atoms with Crippen LogP contribution >= 0.6 is 0 Å². The number of anilines is 1. The fourth-order valence-corrected chi connectivity index (χ4v) is 2.91. The van der Waals surface area contributed by atoms with Gasteiger partial charge in [-0.05, 0) is 43.3 Å². The molecule has 2 amide bonds. The van der Waals surface area contributed by atoms with E-state index in [2.05, 4.69) is 20.6 Å². The van der Waals surface area contributed by atoms with Crippen LogP contribution in [0.15, 0.2) is 73.2 Å². The van der Waals surface area contributed by atoms with Gasteiger partial charge in [-0.25, -0.2) is 19.6 Å². The molecule has 0 fully saturated rings. The molecule has 0 atom stereocenters. The number of aromatic nitrogens is 3. The van der Waals surface area contributed by atoms with Gasteiger partial charge in [0.25, 0.3) is 0 Å². The van der Waals surface area contributed by atoms with Crippen molar-refractivity contribution in [3.05, 3.63) is 73.2 Å². The molecule has 2 aromatic heterocycles. The van der Waals surface area contributed by atoms with Crippen LogP contribution in [0.25, 0.3) is 10.9 Å². The highest BCUT2D eigenvalue weighted by atomic mass is 16.6. The number of fused-ring (bicyclic) bond motifs is 1. The molecule has 2 heterocycles. The molecule has 0 aliphatic heterocycles. The van der Waals surface area contributed by atoms with Crippen LogP contribution in [-0.4, -0.2) is 33.2 Å². The van der Waals surface area contributed by atoms with Crippen LogP contribution < -0.4 is 20.1 Å². The van der Waals surface area contributed by atoms with Gasteiger partial charge in [-0.3, -0.25) is 9.88 Å². The second-order valence-electron chi connectivity index (χ2n) is 6.41. The molecular weight excluding hydrogens is 398 g/mol. The van der Waals surface area contributed by atoms with E-state index < -0.39 is 6.09 Å². The van der Waals surface area contributed by atoms with E-state index in [1.54, 1.807) is 48.7 Å². The highest BCUT2D eigenvalue weighted by Crippen LogP contribution is 2.26. The minimum atomic E-state index is -0.677. The lowest BCUT2D eigenvalue weighted by atomic mass is 10.2. The highest BCUT2D eigenvalue weighted by Gasteiger charge is 2.11. The van der Waals surface area contributed by atoms with Crippen LogP contribution in [0, 0.1) is 0 Å². The molecule has 2 aromatic carbocycles. The van der Waals surface area contributed by atoms with Gasteiger partial charge in [0.05, 0.1) is 5.52 Å². The van der Waals surface area contributed by atoms with Gasteiger partial charge in [0.2, 0.25) is 5.88 Å². The van der Waals surface area contributed by atoms with E-state index in [4.69, 9.17) is 9.47 Å². The van der Waals surface area contributed by atoms with Crippen LogP contribution in [0.2, 0.25) is 0 Å². The molecule has 0 saturated carbocycles. The normalized spacial score (nSPS) is 10.5. The zero-order valence-corrected chi connectivity index (χ0v) is 16.6. The second-order valence-corrected chi connectivity index (χ2v) is 6.41. The molecule has 9 heteroatoms. The van der Waals surface area contributed by atoms with Gasteiger partial charge < -0.3 is 14.8 Å². The zero-order chi connectivity index (χ0) is 21.6. The number of benzene rings is 2. The van der Waals surface area contributed by atoms with Gasteiger partial charge in [0.15, 0.2) is 0 Å². The fourth-order valence-electron chi connectivity index (χ4n) is 2.91. The first-order chi connectivity index (χ1) is 15.1. The molecule has 0 saturated heterocycles. The number of ether oxygens (including phenoxy) is 2. The molecule has 0 aliphatic carbocycles. The molecule has 0 unspecified atom stereocenters. The maximum Gasteiger partial charge on any atom is 0.418 e. The third-order valence-electron chi connectivity index (χ3n) is 4.26. The Balaban J connectivity index is 1.45. The quantitative estimate of drug-likeness (QED) is 0.498. The lowest BCUT2D eigenvalue weighted by Gasteiger charge is -2.09. The first-order valence-electron chi connectivity index (χ1n) is 9.55. The molecule has 0 spiro atoms. The summed E-state index contributed by atoms with van der Waals surface area (Å²) in [4.78, 5) is 32.2. The summed E-state index contributed by atoms with van der Waals surface area (Å²) in [5.41, 5.74) is 0.756. The van der Waals surface area contributed by atoms with Gasteiger partial charge in [-0.1, -0.05) is 18.2 Å². The van der Waals surface area contributed by atoms with E-state index in [9.17, 15) is 9.59 Å². The molecule has 0 aliphatic rings. The van der Waals surface area contributed by atoms with E-state index in [1.165, 1.54) is 17.0 Å². The Morgan fingerprint density at radius 1 is 1.00 bits per heavy atom. The van der Waals surface area contributed by atoms with Crippen LogP contribution in [0.3, 0.4) is 0 Å². The Morgan fingerprint density at radius 2 is 1.84 bits per heavy atom. The van der Waals surface area contributed by atoms with Gasteiger partial charge in [-0.2, -0.15) is 0 Å². The molecule has 9 nitrogen and oxygen atoms in total. The lowest BCUT2D eigenvalue weighted by molar-refractivity contribution is 0.215. The maximum atomic E-state index is 12.1. The van der Waals surface area contributed by atoms with E-state index in [1.807, 2.05) is 19.1 Å². The van der Waals surface area contributed by atoms with Crippen molar-refractivity contribution in [2.75, 3.05) is 11.9 Å². The van der Waals surface area contributed by atoms with Crippen molar-refractivity contribution in [1.29, 1.82) is 0 Å². The minimum Gasteiger partial charge on any atom is -0.439 e. The predicted molar refractivity (Wildman–Crippen MR) is 115 cm³/mol. The third-order valence-corrected chi connectivity index (χ3v) is 4.26. The fraction of sp³-hybridized carbons (Fsp3) is 0.0909. The van der Waals surface area contributed by atoms with Gasteiger partial charge in [0, 0.05) is 24.2 Å². The summed E-state index contributed by atoms with van der Waals surface area (Å²) >= 11 is 0. The van der Waals surface area contributed by atoms with Crippen molar-refractivity contribution in [2.24, 2.45) is 0 Å². The van der Waals surface area contributed by atoms with Crippen LogP contribution in [0.5, 0.6) is 17.4 Å². The monoisotopic (exact) mass is 417 g/mol. The number of nitrogens with zero attached hydrogens (tertiary/aromatic N) is 3. The largest absolute Gasteiger partial charge is 0.439 e. The Hall–Kier alpha value is -4.40. The van der Waals surface area contributed by atoms with Gasteiger partial charge >= 0.3 is 12.1 Å². The van der Waals surface area contributed by atoms with Crippen molar-refractivity contribution in [3.8, 4) is 17.4 Å². The number of carbonyl (C=O) groups is 2. The van der Waals surface area contributed by atoms with Crippen molar-refractivity contribution in [2.45, 2.75) is 6.92 Å². The molecule has 156 valence electrons. The minimum absolute atomic E-state index is 0.194. The molecule has 0 radical (unpaired) electrons. The van der Waals surface area contributed by atoms with Crippen molar-refractivity contribution < 1.29 is 19.1 Å². The average molecular weight is 417 g/mol. The first kappa shape index (κ1) is 19.9. The van der Waals surface area contributed by atoms with Crippen LogP contribution in [-0.2, 0) is 0 Å². The van der Waals surface area contributed by atoms with E-state index in [0.717, 1.165) is 10.9 Å². The first-order valence-corrected chi connectivity index (χ1v) is 9.55. The summed E-state index contributed by atoms with van der Waals surface area (Å²) < 4.78 is 12.5. The van der Waals surface area contributed by atoms with Crippen molar-refractivity contribution in [1.82, 2.24) is 19.9 Å². The zero-order valence-electron chi connectivity index (χ0n) is 16.6. The van der Waals surface area contributed by atoms with Gasteiger partial charge in [0.1, 0.15) is 23.6 Å². The highest BCUT2D eigenvalue weighted by molar-refractivity contribution is 5.92. The van der Waals surface area contributed by atoms with Gasteiger partial charge in [-0.15, -0.1) is 0 Å². The molecule has 0 bridgehead atoms. The predicted octanol–water partition coefficient (Wildman–Crippen LogP) is 4.41. The molecular formula is C22H19N5O4. The number of hydrogen-bond donors (Lipinski definition) is 2. The summed E-state index contributed by atoms with van der Waals surface area (Å²) in [6.07, 6.45) is 2.30. The Kier molecular flexibility index (Phi) is 5.75. The third kappa shape index (κ3) is 4.78. The second kappa shape index (κ2) is 8.95.